The number of rotatable bonds is 1. The van der Waals surface area contributed by atoms with Crippen molar-refractivity contribution in [3.63, 3.8) is 0 Å². The second-order valence-corrected chi connectivity index (χ2v) is 6.51. The third-order valence-corrected chi connectivity index (χ3v) is 5.58. The monoisotopic (exact) mass is 275 g/mol. The predicted octanol–water partition coefficient (Wildman–Crippen LogP) is 3.42. The van der Waals surface area contributed by atoms with Gasteiger partial charge in [0.05, 0.1) is 11.3 Å². The van der Waals surface area contributed by atoms with E-state index in [1.165, 1.54) is 6.41 Å². The summed E-state index contributed by atoms with van der Waals surface area (Å²) >= 11 is 7.84. The fourth-order valence-corrected chi connectivity index (χ4v) is 4.67. The second-order valence-electron chi connectivity index (χ2n) is 1.10. The van der Waals surface area contributed by atoms with Crippen LogP contribution >= 0.6 is 57.0 Å². The zero-order valence-electron chi connectivity index (χ0n) is 4.18. The molecule has 0 bridgehead atoms. The molecule has 0 aliphatic rings. The molecule has 0 saturated heterocycles. The van der Waals surface area contributed by atoms with Gasteiger partial charge in [0.1, 0.15) is 16.7 Å². The molecule has 0 N–H and O–H groups in total. The lowest BCUT2D eigenvalue weighted by atomic mass is 11.2. The van der Waals surface area contributed by atoms with E-state index in [0.717, 1.165) is 0 Å². The van der Waals surface area contributed by atoms with Gasteiger partial charge in [0.25, 0.3) is 0 Å². The highest BCUT2D eigenvalue weighted by atomic mass is 127. The Balaban J connectivity index is 2.84. The Bertz CT molecular complexity index is 172. The molecule has 0 aliphatic heterocycles. The summed E-state index contributed by atoms with van der Waals surface area (Å²) in [6.07, 6.45) is 2.11. The van der Waals surface area contributed by atoms with Crippen molar-refractivity contribution in [2.45, 2.75) is 3.52 Å². The molecular formula is C4H4IS3+. The van der Waals surface area contributed by atoms with Gasteiger partial charge in [-0.05, 0) is 28.8 Å². The minimum Gasteiger partial charge on any atom is -0.0591 e. The molecular weight excluding hydrogens is 271 g/mol. The molecule has 0 saturated carbocycles. The summed E-state index contributed by atoms with van der Waals surface area (Å²) in [5, 5.41) is 2.18. The van der Waals surface area contributed by atoms with Crippen LogP contribution in [0.15, 0.2) is 8.90 Å². The van der Waals surface area contributed by atoms with E-state index in [2.05, 4.69) is 34.2 Å². The molecule has 4 heteroatoms. The first-order valence-corrected chi connectivity index (χ1v) is 5.94. The second kappa shape index (κ2) is 3.34. The zero-order chi connectivity index (χ0) is 5.98. The van der Waals surface area contributed by atoms with Crippen LogP contribution in [0.3, 0.4) is 0 Å². The molecule has 0 unspecified atom stereocenters. The highest BCUT2D eigenvalue weighted by Crippen LogP contribution is 2.30. The number of thioether (sulfide) groups is 1. The van der Waals surface area contributed by atoms with Crippen LogP contribution in [-0.2, 0) is 0 Å². The van der Waals surface area contributed by atoms with Gasteiger partial charge in [0, 0.05) is 0 Å². The van der Waals surface area contributed by atoms with Crippen molar-refractivity contribution < 1.29 is 0 Å². The Morgan fingerprint density at radius 3 is 2.88 bits per heavy atom. The van der Waals surface area contributed by atoms with Gasteiger partial charge in [0.15, 0.2) is 0 Å². The SMILES string of the molecule is CSc1sc(I)c[s+]1. The van der Waals surface area contributed by atoms with Crippen molar-refractivity contribution in [1.29, 1.82) is 0 Å². The van der Waals surface area contributed by atoms with E-state index in [4.69, 9.17) is 0 Å². The van der Waals surface area contributed by atoms with Crippen molar-refractivity contribution >= 4 is 57.0 Å². The summed E-state index contributed by atoms with van der Waals surface area (Å²) in [5.41, 5.74) is 0. The predicted molar refractivity (Wildman–Crippen MR) is 51.1 cm³/mol. The molecule has 1 aromatic rings. The summed E-state index contributed by atoms with van der Waals surface area (Å²) in [6.45, 7) is 0. The van der Waals surface area contributed by atoms with E-state index >= 15 is 0 Å². The maximum Gasteiger partial charge on any atom is 0.312 e. The van der Waals surface area contributed by atoms with Crippen LogP contribution < -0.4 is 0 Å². The van der Waals surface area contributed by atoms with Crippen molar-refractivity contribution in [3.05, 3.63) is 8.26 Å². The molecule has 0 amide bonds. The average Bonchev–Trinajstić information content (AvgIpc) is 2.14. The quantitative estimate of drug-likeness (QED) is 0.430. The standard InChI is InChI=1S/C4H4IS3/c1-6-4-7-2-3(5)8-4/h2H,1H3/q+1. The number of hydrogen-bond acceptors (Lipinski definition) is 2. The number of halogens is 1. The summed E-state index contributed by atoms with van der Waals surface area (Å²) in [6, 6.07) is 0. The van der Waals surface area contributed by atoms with Crippen LogP contribution in [0.5, 0.6) is 0 Å². The molecule has 0 atom stereocenters. The van der Waals surface area contributed by atoms with E-state index < -0.39 is 0 Å². The van der Waals surface area contributed by atoms with Crippen molar-refractivity contribution in [2.24, 2.45) is 0 Å². The first-order valence-electron chi connectivity index (χ1n) is 1.94. The number of hydrogen-bond donors (Lipinski definition) is 0. The molecule has 0 radical (unpaired) electrons. The fraction of sp³-hybridized carbons (Fsp3) is 0.250. The molecule has 44 valence electrons. The van der Waals surface area contributed by atoms with Gasteiger partial charge in [-0.1, -0.05) is 11.8 Å². The van der Waals surface area contributed by atoms with Gasteiger partial charge in [-0.2, -0.15) is 0 Å². The molecule has 1 rings (SSSR count). The van der Waals surface area contributed by atoms with E-state index in [1.54, 1.807) is 0 Å². The molecule has 1 heterocycles. The fourth-order valence-electron chi connectivity index (χ4n) is 0.312. The van der Waals surface area contributed by atoms with Gasteiger partial charge in [-0.25, -0.2) is 0 Å². The van der Waals surface area contributed by atoms with E-state index in [0.29, 0.717) is 0 Å². The van der Waals surface area contributed by atoms with Gasteiger partial charge >= 0.3 is 3.52 Å². The summed E-state index contributed by atoms with van der Waals surface area (Å²) < 4.78 is 2.83. The zero-order valence-corrected chi connectivity index (χ0v) is 8.79. The lowest BCUT2D eigenvalue weighted by Crippen LogP contribution is -1.43. The molecule has 0 spiro atoms. The van der Waals surface area contributed by atoms with Gasteiger partial charge < -0.3 is 0 Å². The summed E-state index contributed by atoms with van der Waals surface area (Å²) in [4.78, 5) is 0. The highest BCUT2D eigenvalue weighted by molar-refractivity contribution is 14.1. The lowest BCUT2D eigenvalue weighted by Gasteiger charge is -1.64. The third kappa shape index (κ3) is 1.82. The lowest BCUT2D eigenvalue weighted by molar-refractivity contribution is 2.10. The molecule has 8 heavy (non-hydrogen) atoms. The van der Waals surface area contributed by atoms with Gasteiger partial charge in [0.2, 0.25) is 2.88 Å². The third-order valence-electron chi connectivity index (χ3n) is 0.595. The van der Waals surface area contributed by atoms with Crippen molar-refractivity contribution in [3.8, 4) is 0 Å². The molecule has 0 aromatic carbocycles. The minimum atomic E-state index is 1.39. The smallest absolute Gasteiger partial charge is 0.0591 e. The molecule has 0 nitrogen and oxygen atoms in total. The molecule has 0 aliphatic carbocycles. The van der Waals surface area contributed by atoms with Crippen LogP contribution in [0.25, 0.3) is 0 Å². The molecule has 1 aromatic heterocycles. The maximum absolute atomic E-state index is 2.34. The largest absolute Gasteiger partial charge is 0.312 e. The Labute approximate surface area is 74.5 Å². The minimum absolute atomic E-state index is 1.39. The van der Waals surface area contributed by atoms with Crippen LogP contribution in [0.2, 0.25) is 0 Å². The van der Waals surface area contributed by atoms with E-state index in [-0.39, 0.29) is 0 Å². The van der Waals surface area contributed by atoms with Crippen LogP contribution in [0.4, 0.5) is 0 Å². The van der Waals surface area contributed by atoms with Crippen LogP contribution in [0, 0.1) is 2.88 Å². The van der Waals surface area contributed by atoms with E-state index in [1.807, 2.05) is 34.4 Å². The topological polar surface area (TPSA) is 0 Å². The Morgan fingerprint density at radius 2 is 2.62 bits per heavy atom. The van der Waals surface area contributed by atoms with Crippen molar-refractivity contribution in [1.82, 2.24) is 0 Å². The van der Waals surface area contributed by atoms with E-state index in [9.17, 15) is 0 Å². The van der Waals surface area contributed by atoms with Gasteiger partial charge in [-0.15, -0.1) is 0 Å². The first kappa shape index (κ1) is 7.24. The Hall–Kier alpha value is 1.13. The Kier molecular flexibility index (Phi) is 3.02. The summed E-state index contributed by atoms with van der Waals surface area (Å²) in [5.74, 6) is 0. The highest BCUT2D eigenvalue weighted by Gasteiger charge is 2.08. The summed E-state index contributed by atoms with van der Waals surface area (Å²) in [7, 11) is 0. The van der Waals surface area contributed by atoms with Crippen LogP contribution in [-0.4, -0.2) is 6.26 Å². The average molecular weight is 275 g/mol. The van der Waals surface area contributed by atoms with Crippen LogP contribution in [0.1, 0.15) is 0 Å². The molecule has 0 fully saturated rings. The van der Waals surface area contributed by atoms with Gasteiger partial charge in [-0.3, -0.25) is 0 Å². The maximum atomic E-state index is 2.34. The Morgan fingerprint density at radius 1 is 1.88 bits per heavy atom. The van der Waals surface area contributed by atoms with Crippen molar-refractivity contribution in [2.75, 3.05) is 6.26 Å². The first-order chi connectivity index (χ1) is 3.83. The normalized spacial score (nSPS) is 9.75.